The average Bonchev–Trinajstić information content (AvgIpc) is 2.12. The number of rotatable bonds is 2. The van der Waals surface area contributed by atoms with Crippen LogP contribution < -0.4 is 11.5 Å². The molecule has 0 aromatic heterocycles. The Morgan fingerprint density at radius 3 is 2.15 bits per heavy atom. The summed E-state index contributed by atoms with van der Waals surface area (Å²) in [5.74, 6) is -1.50. The fourth-order valence-corrected chi connectivity index (χ4v) is 1.05. The Morgan fingerprint density at radius 2 is 1.77 bits per heavy atom. The minimum atomic E-state index is -0.751. The maximum absolute atomic E-state index is 12.9. The van der Waals surface area contributed by atoms with E-state index in [1.165, 1.54) is 12.1 Å². The summed E-state index contributed by atoms with van der Waals surface area (Å²) in [5.41, 5.74) is 10.7. The molecule has 0 bridgehead atoms. The molecule has 1 atom stereocenters. The highest BCUT2D eigenvalue weighted by molar-refractivity contribution is 5.43. The van der Waals surface area contributed by atoms with Crippen molar-refractivity contribution in [2.45, 2.75) is 19.4 Å². The third kappa shape index (κ3) is 1.95. The monoisotopic (exact) mass is 186 g/mol. The molecule has 1 aromatic rings. The van der Waals surface area contributed by atoms with E-state index in [-0.39, 0.29) is 6.04 Å². The summed E-state index contributed by atoms with van der Waals surface area (Å²) in [4.78, 5) is 0. The van der Waals surface area contributed by atoms with Gasteiger partial charge in [-0.2, -0.15) is 0 Å². The van der Waals surface area contributed by atoms with Gasteiger partial charge in [0.05, 0.1) is 0 Å². The van der Waals surface area contributed by atoms with Crippen LogP contribution in [0.25, 0.3) is 0 Å². The van der Waals surface area contributed by atoms with Crippen molar-refractivity contribution in [3.05, 3.63) is 29.3 Å². The van der Waals surface area contributed by atoms with Gasteiger partial charge in [0.2, 0.25) is 0 Å². The fourth-order valence-electron chi connectivity index (χ4n) is 1.05. The first-order chi connectivity index (χ1) is 6.06. The van der Waals surface area contributed by atoms with E-state index >= 15 is 0 Å². The molecule has 13 heavy (non-hydrogen) atoms. The van der Waals surface area contributed by atoms with Crippen molar-refractivity contribution in [3.63, 3.8) is 0 Å². The second-order valence-corrected chi connectivity index (χ2v) is 2.91. The van der Waals surface area contributed by atoms with Crippen molar-refractivity contribution in [1.82, 2.24) is 0 Å². The number of hydrogen-bond acceptors (Lipinski definition) is 2. The van der Waals surface area contributed by atoms with Crippen molar-refractivity contribution < 1.29 is 8.78 Å². The molecule has 0 aliphatic heterocycles. The quantitative estimate of drug-likeness (QED) is 0.693. The van der Waals surface area contributed by atoms with Crippen molar-refractivity contribution in [1.29, 1.82) is 0 Å². The lowest BCUT2D eigenvalue weighted by Gasteiger charge is -2.10. The lowest BCUT2D eigenvalue weighted by molar-refractivity contribution is 0.579. The van der Waals surface area contributed by atoms with E-state index in [4.69, 9.17) is 11.5 Å². The minimum Gasteiger partial charge on any atom is -0.394 e. The van der Waals surface area contributed by atoms with Crippen molar-refractivity contribution >= 4 is 5.69 Å². The van der Waals surface area contributed by atoms with E-state index in [0.29, 0.717) is 12.0 Å². The Labute approximate surface area is 75.5 Å². The van der Waals surface area contributed by atoms with Gasteiger partial charge in [0, 0.05) is 6.04 Å². The molecule has 4 heteroatoms. The molecule has 0 saturated carbocycles. The Kier molecular flexibility index (Phi) is 2.83. The van der Waals surface area contributed by atoms with Gasteiger partial charge >= 0.3 is 0 Å². The third-order valence-electron chi connectivity index (χ3n) is 1.97. The number of nitrogen functional groups attached to an aromatic ring is 1. The van der Waals surface area contributed by atoms with Gasteiger partial charge in [-0.1, -0.05) is 6.92 Å². The molecule has 0 amide bonds. The maximum atomic E-state index is 12.9. The van der Waals surface area contributed by atoms with Crippen LogP contribution in [-0.2, 0) is 0 Å². The van der Waals surface area contributed by atoms with Crippen LogP contribution in [0.4, 0.5) is 14.5 Å². The smallest absolute Gasteiger partial charge is 0.149 e. The van der Waals surface area contributed by atoms with Crippen LogP contribution in [0.2, 0.25) is 0 Å². The van der Waals surface area contributed by atoms with E-state index in [1.807, 2.05) is 6.92 Å². The summed E-state index contributed by atoms with van der Waals surface area (Å²) in [6.07, 6.45) is 0.628. The van der Waals surface area contributed by atoms with E-state index in [2.05, 4.69) is 0 Å². The topological polar surface area (TPSA) is 52.0 Å². The highest BCUT2D eigenvalue weighted by Crippen LogP contribution is 2.21. The van der Waals surface area contributed by atoms with Crippen molar-refractivity contribution in [2.75, 3.05) is 5.73 Å². The van der Waals surface area contributed by atoms with Gasteiger partial charge in [0.25, 0.3) is 0 Å². The number of nitrogens with two attached hydrogens (primary N) is 2. The Morgan fingerprint density at radius 1 is 1.31 bits per heavy atom. The molecule has 1 rings (SSSR count). The van der Waals surface area contributed by atoms with E-state index in [1.54, 1.807) is 0 Å². The van der Waals surface area contributed by atoms with E-state index in [9.17, 15) is 8.78 Å². The number of hydrogen-bond donors (Lipinski definition) is 2. The summed E-state index contributed by atoms with van der Waals surface area (Å²) < 4.78 is 25.8. The first kappa shape index (κ1) is 9.92. The standard InChI is InChI=1S/C9H12F2N2/c1-2-8(12)5-3-6(10)9(13)7(11)4-5/h3-4,8H,2,12-13H2,1H3. The molecule has 0 aliphatic carbocycles. The predicted molar refractivity (Wildman–Crippen MR) is 48.0 cm³/mol. The second-order valence-electron chi connectivity index (χ2n) is 2.91. The third-order valence-corrected chi connectivity index (χ3v) is 1.97. The van der Waals surface area contributed by atoms with Crippen LogP contribution in [0.15, 0.2) is 12.1 Å². The zero-order valence-corrected chi connectivity index (χ0v) is 7.35. The van der Waals surface area contributed by atoms with Crippen LogP contribution >= 0.6 is 0 Å². The zero-order valence-electron chi connectivity index (χ0n) is 7.35. The Balaban J connectivity index is 3.13. The molecule has 0 fully saturated rings. The SMILES string of the molecule is CCC(N)c1cc(F)c(N)c(F)c1. The number of halogens is 2. The van der Waals surface area contributed by atoms with Crippen molar-refractivity contribution in [2.24, 2.45) is 5.73 Å². The second kappa shape index (κ2) is 3.70. The van der Waals surface area contributed by atoms with Gasteiger partial charge in [-0.05, 0) is 24.1 Å². The molecule has 2 nitrogen and oxygen atoms in total. The summed E-state index contributed by atoms with van der Waals surface area (Å²) >= 11 is 0. The number of benzene rings is 1. The highest BCUT2D eigenvalue weighted by atomic mass is 19.1. The lowest BCUT2D eigenvalue weighted by atomic mass is 10.0. The van der Waals surface area contributed by atoms with Crippen LogP contribution in [0.5, 0.6) is 0 Å². The van der Waals surface area contributed by atoms with Crippen LogP contribution in [-0.4, -0.2) is 0 Å². The van der Waals surface area contributed by atoms with E-state index in [0.717, 1.165) is 0 Å². The van der Waals surface area contributed by atoms with Gasteiger partial charge < -0.3 is 11.5 Å². The van der Waals surface area contributed by atoms with Crippen LogP contribution in [0.3, 0.4) is 0 Å². The molecule has 0 spiro atoms. The summed E-state index contributed by atoms with van der Waals surface area (Å²) in [7, 11) is 0. The Hall–Kier alpha value is -1.16. The lowest BCUT2D eigenvalue weighted by Crippen LogP contribution is -2.10. The molecule has 0 saturated heterocycles. The molecule has 1 aromatic carbocycles. The molecular formula is C9H12F2N2. The van der Waals surface area contributed by atoms with Crippen LogP contribution in [0, 0.1) is 11.6 Å². The first-order valence-corrected chi connectivity index (χ1v) is 4.06. The molecule has 0 heterocycles. The minimum absolute atomic E-state index is 0.343. The Bertz CT molecular complexity index is 289. The molecular weight excluding hydrogens is 174 g/mol. The molecule has 72 valence electrons. The maximum Gasteiger partial charge on any atom is 0.149 e. The summed E-state index contributed by atoms with van der Waals surface area (Å²) in [5, 5.41) is 0. The fraction of sp³-hybridized carbons (Fsp3) is 0.333. The summed E-state index contributed by atoms with van der Waals surface area (Å²) in [6, 6.07) is 2.00. The van der Waals surface area contributed by atoms with Crippen molar-refractivity contribution in [3.8, 4) is 0 Å². The average molecular weight is 186 g/mol. The van der Waals surface area contributed by atoms with Gasteiger partial charge in [-0.15, -0.1) is 0 Å². The molecule has 1 unspecified atom stereocenters. The highest BCUT2D eigenvalue weighted by Gasteiger charge is 2.11. The van der Waals surface area contributed by atoms with Crippen LogP contribution in [0.1, 0.15) is 24.9 Å². The zero-order chi connectivity index (χ0) is 10.0. The molecule has 0 aliphatic rings. The van der Waals surface area contributed by atoms with Gasteiger partial charge in [-0.3, -0.25) is 0 Å². The van der Waals surface area contributed by atoms with E-state index < -0.39 is 17.3 Å². The molecule has 4 N–H and O–H groups in total. The predicted octanol–water partition coefficient (Wildman–Crippen LogP) is 1.96. The molecule has 0 radical (unpaired) electrons. The number of anilines is 1. The summed E-state index contributed by atoms with van der Waals surface area (Å²) in [6.45, 7) is 1.84. The first-order valence-electron chi connectivity index (χ1n) is 4.06. The normalized spacial score (nSPS) is 12.9. The van der Waals surface area contributed by atoms with Gasteiger partial charge in [0.1, 0.15) is 17.3 Å². The van der Waals surface area contributed by atoms with Gasteiger partial charge in [0.15, 0.2) is 0 Å². The largest absolute Gasteiger partial charge is 0.394 e. The van der Waals surface area contributed by atoms with Gasteiger partial charge in [-0.25, -0.2) is 8.78 Å².